The van der Waals surface area contributed by atoms with Crippen LogP contribution in [0.2, 0.25) is 0 Å². The Balaban J connectivity index is 2.18. The van der Waals surface area contributed by atoms with E-state index in [1.807, 2.05) is 7.05 Å². The maximum atomic E-state index is 11.0. The van der Waals surface area contributed by atoms with E-state index in [-0.39, 0.29) is 11.9 Å². The highest BCUT2D eigenvalue weighted by atomic mass is 16.1. The Morgan fingerprint density at radius 2 is 2.12 bits per heavy atom. The summed E-state index contributed by atoms with van der Waals surface area (Å²) >= 11 is 0. The van der Waals surface area contributed by atoms with Gasteiger partial charge in [-0.3, -0.25) is 4.79 Å². The largest absolute Gasteiger partial charge is 0.368 e. The zero-order valence-corrected chi connectivity index (χ0v) is 10.4. The van der Waals surface area contributed by atoms with Crippen molar-refractivity contribution >= 4 is 5.91 Å². The fourth-order valence-corrected chi connectivity index (χ4v) is 2.04. The van der Waals surface area contributed by atoms with Crippen LogP contribution in [0.15, 0.2) is 0 Å². The highest BCUT2D eigenvalue weighted by Crippen LogP contribution is 2.06. The van der Waals surface area contributed by atoms with Crippen LogP contribution in [-0.2, 0) is 4.79 Å². The van der Waals surface area contributed by atoms with Crippen LogP contribution in [0.3, 0.4) is 0 Å². The quantitative estimate of drug-likeness (QED) is 0.592. The number of likely N-dealkylation sites (tertiary alicyclic amines) is 1. The van der Waals surface area contributed by atoms with Gasteiger partial charge in [0.1, 0.15) is 0 Å². The maximum Gasteiger partial charge on any atom is 0.235 e. The van der Waals surface area contributed by atoms with Crippen LogP contribution in [0, 0.1) is 0 Å². The van der Waals surface area contributed by atoms with Gasteiger partial charge in [0.2, 0.25) is 5.91 Å². The third kappa shape index (κ3) is 4.47. The van der Waals surface area contributed by atoms with E-state index in [1.165, 1.54) is 25.9 Å². The van der Waals surface area contributed by atoms with Gasteiger partial charge >= 0.3 is 0 Å². The number of rotatable bonds is 7. The number of carbonyl (C=O) groups is 1. The molecule has 1 fully saturated rings. The van der Waals surface area contributed by atoms with Crippen LogP contribution >= 0.6 is 0 Å². The Morgan fingerprint density at radius 1 is 1.50 bits per heavy atom. The molecular weight excluding hydrogens is 204 g/mol. The van der Waals surface area contributed by atoms with Crippen molar-refractivity contribution in [1.29, 1.82) is 0 Å². The summed E-state index contributed by atoms with van der Waals surface area (Å²) in [5.41, 5.74) is 5.28. The lowest BCUT2D eigenvalue weighted by Gasteiger charge is -2.24. The van der Waals surface area contributed by atoms with Crippen molar-refractivity contribution in [2.75, 3.05) is 46.8 Å². The molecule has 0 aliphatic carbocycles. The van der Waals surface area contributed by atoms with Crippen LogP contribution in [-0.4, -0.2) is 68.6 Å². The first kappa shape index (κ1) is 13.4. The molecule has 1 aliphatic rings. The van der Waals surface area contributed by atoms with E-state index in [4.69, 9.17) is 5.73 Å². The summed E-state index contributed by atoms with van der Waals surface area (Å²) in [6.45, 7) is 5.20. The molecule has 1 atom stereocenters. The summed E-state index contributed by atoms with van der Waals surface area (Å²) in [6, 6.07) is -0.247. The SMILES string of the molecule is CNC(CN(C)CCN1CCCC1)C(N)=O. The average Bonchev–Trinajstić information content (AvgIpc) is 2.75. The minimum absolute atomic E-state index is 0.247. The smallest absolute Gasteiger partial charge is 0.235 e. The van der Waals surface area contributed by atoms with Crippen LogP contribution < -0.4 is 11.1 Å². The zero-order valence-electron chi connectivity index (χ0n) is 10.4. The Morgan fingerprint density at radius 3 is 2.62 bits per heavy atom. The number of carbonyl (C=O) groups excluding carboxylic acids is 1. The molecule has 0 radical (unpaired) electrons. The molecular formula is C11H24N4O. The topological polar surface area (TPSA) is 61.6 Å². The molecule has 1 rings (SSSR count). The lowest BCUT2D eigenvalue weighted by molar-refractivity contribution is -0.120. The van der Waals surface area contributed by atoms with Gasteiger partial charge in [0.25, 0.3) is 0 Å². The van der Waals surface area contributed by atoms with E-state index in [0.717, 1.165) is 13.1 Å². The van der Waals surface area contributed by atoms with E-state index in [9.17, 15) is 4.79 Å². The zero-order chi connectivity index (χ0) is 12.0. The summed E-state index contributed by atoms with van der Waals surface area (Å²) < 4.78 is 0. The molecule has 1 amide bonds. The first-order valence-corrected chi connectivity index (χ1v) is 6.01. The van der Waals surface area contributed by atoms with Gasteiger partial charge in [-0.2, -0.15) is 0 Å². The third-order valence-electron chi connectivity index (χ3n) is 3.18. The van der Waals surface area contributed by atoms with Crippen molar-refractivity contribution in [1.82, 2.24) is 15.1 Å². The predicted molar refractivity (Wildman–Crippen MR) is 65.2 cm³/mol. The monoisotopic (exact) mass is 228 g/mol. The summed E-state index contributed by atoms with van der Waals surface area (Å²) in [7, 11) is 3.80. The maximum absolute atomic E-state index is 11.0. The second kappa shape index (κ2) is 6.83. The van der Waals surface area contributed by atoms with E-state index in [1.54, 1.807) is 7.05 Å². The predicted octanol–water partition coefficient (Wildman–Crippen LogP) is -0.913. The summed E-state index contributed by atoms with van der Waals surface area (Å²) in [4.78, 5) is 15.7. The van der Waals surface area contributed by atoms with Gasteiger partial charge in [0, 0.05) is 19.6 Å². The van der Waals surface area contributed by atoms with Gasteiger partial charge in [-0.25, -0.2) is 0 Å². The number of amides is 1. The summed E-state index contributed by atoms with van der Waals surface area (Å²) in [5, 5.41) is 2.93. The molecule has 1 heterocycles. The van der Waals surface area contributed by atoms with Crippen LogP contribution in [0.4, 0.5) is 0 Å². The van der Waals surface area contributed by atoms with Crippen LogP contribution in [0.5, 0.6) is 0 Å². The second-order valence-corrected chi connectivity index (χ2v) is 4.55. The van der Waals surface area contributed by atoms with Crippen molar-refractivity contribution < 1.29 is 4.79 Å². The van der Waals surface area contributed by atoms with E-state index in [2.05, 4.69) is 15.1 Å². The highest BCUT2D eigenvalue weighted by molar-refractivity contribution is 5.80. The van der Waals surface area contributed by atoms with E-state index in [0.29, 0.717) is 6.54 Å². The number of nitrogens with zero attached hydrogens (tertiary/aromatic N) is 2. The van der Waals surface area contributed by atoms with Crippen molar-refractivity contribution in [2.24, 2.45) is 5.73 Å². The number of nitrogens with one attached hydrogen (secondary N) is 1. The van der Waals surface area contributed by atoms with Gasteiger partial charge in [-0.05, 0) is 40.0 Å². The van der Waals surface area contributed by atoms with E-state index >= 15 is 0 Å². The normalized spacial score (nSPS) is 19.2. The molecule has 0 aromatic heterocycles. The number of nitrogens with two attached hydrogens (primary N) is 1. The average molecular weight is 228 g/mol. The number of likely N-dealkylation sites (N-methyl/N-ethyl adjacent to an activating group) is 2. The number of hydrogen-bond donors (Lipinski definition) is 2. The van der Waals surface area contributed by atoms with Crippen molar-refractivity contribution in [3.05, 3.63) is 0 Å². The fraction of sp³-hybridized carbons (Fsp3) is 0.909. The molecule has 0 spiro atoms. The second-order valence-electron chi connectivity index (χ2n) is 4.55. The summed E-state index contributed by atoms with van der Waals surface area (Å²) in [6.07, 6.45) is 2.65. The molecule has 1 saturated heterocycles. The summed E-state index contributed by atoms with van der Waals surface area (Å²) in [5.74, 6) is -0.282. The fourth-order valence-electron chi connectivity index (χ4n) is 2.04. The Kier molecular flexibility index (Phi) is 5.73. The molecule has 16 heavy (non-hydrogen) atoms. The molecule has 5 heteroatoms. The standard InChI is InChI=1S/C11H24N4O/c1-13-10(11(12)16)9-14(2)7-8-15-5-3-4-6-15/h10,13H,3-9H2,1-2H3,(H2,12,16). The lowest BCUT2D eigenvalue weighted by Crippen LogP contribution is -2.47. The van der Waals surface area contributed by atoms with Gasteiger partial charge in [0.15, 0.2) is 0 Å². The Hall–Kier alpha value is -0.650. The molecule has 1 unspecified atom stereocenters. The van der Waals surface area contributed by atoms with Crippen LogP contribution in [0.25, 0.3) is 0 Å². The number of hydrogen-bond acceptors (Lipinski definition) is 4. The molecule has 0 saturated carbocycles. The van der Waals surface area contributed by atoms with Crippen molar-refractivity contribution in [3.63, 3.8) is 0 Å². The van der Waals surface area contributed by atoms with Gasteiger partial charge in [-0.15, -0.1) is 0 Å². The third-order valence-corrected chi connectivity index (χ3v) is 3.18. The van der Waals surface area contributed by atoms with E-state index < -0.39 is 0 Å². The minimum Gasteiger partial charge on any atom is -0.368 e. The minimum atomic E-state index is -0.282. The first-order valence-electron chi connectivity index (χ1n) is 6.01. The highest BCUT2D eigenvalue weighted by Gasteiger charge is 2.16. The molecule has 3 N–H and O–H groups in total. The molecule has 0 aromatic carbocycles. The van der Waals surface area contributed by atoms with Gasteiger partial charge < -0.3 is 20.9 Å². The van der Waals surface area contributed by atoms with Crippen LogP contribution in [0.1, 0.15) is 12.8 Å². The molecule has 0 aromatic rings. The lowest BCUT2D eigenvalue weighted by atomic mass is 10.2. The Labute approximate surface area is 98.0 Å². The number of primary amides is 1. The Bertz CT molecular complexity index is 216. The molecule has 5 nitrogen and oxygen atoms in total. The van der Waals surface area contributed by atoms with Crippen molar-refractivity contribution in [2.45, 2.75) is 18.9 Å². The first-order chi connectivity index (χ1) is 7.63. The molecule has 1 aliphatic heterocycles. The van der Waals surface area contributed by atoms with Crippen molar-refractivity contribution in [3.8, 4) is 0 Å². The molecule has 94 valence electrons. The molecule has 0 bridgehead atoms. The van der Waals surface area contributed by atoms with Gasteiger partial charge in [0.05, 0.1) is 6.04 Å². The van der Waals surface area contributed by atoms with Gasteiger partial charge in [-0.1, -0.05) is 0 Å².